The van der Waals surface area contributed by atoms with Crippen LogP contribution >= 0.6 is 0 Å². The fourth-order valence-corrected chi connectivity index (χ4v) is 8.34. The fraction of sp³-hybridized carbons (Fsp3) is 0.645. The van der Waals surface area contributed by atoms with Crippen LogP contribution in [0.1, 0.15) is 71.8 Å². The number of rotatable bonds is 5. The molecule has 5 rings (SSSR count). The maximum atomic E-state index is 13.3. The molecule has 9 heteroatoms. The van der Waals surface area contributed by atoms with Gasteiger partial charge in [-0.1, -0.05) is 26.8 Å². The van der Waals surface area contributed by atoms with Crippen molar-refractivity contribution >= 4 is 23.3 Å². The normalized spacial score (nSPS) is 35.8. The van der Waals surface area contributed by atoms with E-state index in [0.29, 0.717) is 18.3 Å². The van der Waals surface area contributed by atoms with E-state index < -0.39 is 29.0 Å². The molecule has 3 aliphatic carbocycles. The third-order valence-electron chi connectivity index (χ3n) is 10.7. The molecule has 0 bridgehead atoms. The Balaban J connectivity index is 1.34. The van der Waals surface area contributed by atoms with Gasteiger partial charge in [0.25, 0.3) is 0 Å². The van der Waals surface area contributed by atoms with Gasteiger partial charge < -0.3 is 16.0 Å². The van der Waals surface area contributed by atoms with Crippen molar-refractivity contribution in [1.29, 1.82) is 0 Å². The maximum Gasteiger partial charge on any atom is 0.416 e. The zero-order chi connectivity index (χ0) is 29.0. The third kappa shape index (κ3) is 4.83. The Kier molecular flexibility index (Phi) is 7.32. The summed E-state index contributed by atoms with van der Waals surface area (Å²) in [4.78, 5) is 39.6. The number of allylic oxidation sites excluding steroid dienone is 2. The van der Waals surface area contributed by atoms with Gasteiger partial charge in [-0.3, -0.25) is 14.4 Å². The Morgan fingerprint density at radius 2 is 1.88 bits per heavy atom. The molecule has 40 heavy (non-hydrogen) atoms. The second-order valence-corrected chi connectivity index (χ2v) is 13.0. The number of fused-ring (bicyclic) bond motifs is 5. The Morgan fingerprint density at radius 1 is 1.12 bits per heavy atom. The number of piperidine rings is 1. The highest BCUT2D eigenvalue weighted by molar-refractivity contribution is 6.12. The van der Waals surface area contributed by atoms with Crippen LogP contribution < -0.4 is 16.0 Å². The molecule has 0 aromatic heterocycles. The van der Waals surface area contributed by atoms with E-state index in [1.807, 2.05) is 6.92 Å². The number of carbonyl (C=O) groups is 3. The fourth-order valence-electron chi connectivity index (χ4n) is 8.34. The smallest absolute Gasteiger partial charge is 0.387 e. The maximum absolute atomic E-state index is 13.3. The van der Waals surface area contributed by atoms with Gasteiger partial charge in [0.1, 0.15) is 5.92 Å². The quantitative estimate of drug-likeness (QED) is 0.404. The number of hydrogen-bond acceptors (Lipinski definition) is 4. The molecule has 1 aromatic carbocycles. The summed E-state index contributed by atoms with van der Waals surface area (Å²) in [5.41, 5.74) is -0.511. The van der Waals surface area contributed by atoms with Crippen molar-refractivity contribution < 1.29 is 27.6 Å². The number of amides is 2. The molecular weight excluding hydrogens is 519 g/mol. The molecular formula is C31H40F3N3O3. The summed E-state index contributed by atoms with van der Waals surface area (Å²) >= 11 is 0. The lowest BCUT2D eigenvalue weighted by atomic mass is 9.49. The van der Waals surface area contributed by atoms with Crippen LogP contribution in [0.3, 0.4) is 0 Å². The third-order valence-corrected chi connectivity index (χ3v) is 10.7. The minimum atomic E-state index is -4.53. The van der Waals surface area contributed by atoms with Crippen molar-refractivity contribution in [2.75, 3.05) is 11.9 Å². The van der Waals surface area contributed by atoms with Crippen molar-refractivity contribution in [2.45, 2.75) is 78.4 Å². The average Bonchev–Trinajstić information content (AvgIpc) is 3.25. The number of ketones is 1. The Labute approximate surface area is 233 Å². The number of benzene rings is 1. The average molecular weight is 560 g/mol. The van der Waals surface area contributed by atoms with Crippen LogP contribution in [0, 0.1) is 40.4 Å². The van der Waals surface area contributed by atoms with Gasteiger partial charge in [-0.2, -0.15) is 13.2 Å². The molecule has 4 aliphatic rings. The van der Waals surface area contributed by atoms with Gasteiger partial charge in [0.15, 0.2) is 5.78 Å². The molecule has 2 unspecified atom stereocenters. The van der Waals surface area contributed by atoms with Crippen molar-refractivity contribution in [3.63, 3.8) is 0 Å². The second kappa shape index (κ2) is 10.2. The molecule has 1 heterocycles. The highest BCUT2D eigenvalue weighted by atomic mass is 19.4. The van der Waals surface area contributed by atoms with E-state index >= 15 is 0 Å². The number of hydrogen-bond donors (Lipinski definition) is 3. The first-order valence-corrected chi connectivity index (χ1v) is 14.6. The van der Waals surface area contributed by atoms with Crippen LogP contribution in [0.15, 0.2) is 36.0 Å². The number of anilines is 1. The Morgan fingerprint density at radius 3 is 2.58 bits per heavy atom. The van der Waals surface area contributed by atoms with Crippen molar-refractivity contribution in [2.24, 2.45) is 40.4 Å². The van der Waals surface area contributed by atoms with Crippen LogP contribution in [0.25, 0.3) is 0 Å². The minimum absolute atomic E-state index is 0.0175. The van der Waals surface area contributed by atoms with Gasteiger partial charge in [-0.05, 0) is 86.8 Å². The van der Waals surface area contributed by atoms with E-state index in [1.54, 1.807) is 6.08 Å². The summed E-state index contributed by atoms with van der Waals surface area (Å²) in [6.45, 7) is 9.22. The van der Waals surface area contributed by atoms with Gasteiger partial charge in [-0.15, -0.1) is 0 Å². The van der Waals surface area contributed by atoms with E-state index in [4.69, 9.17) is 0 Å². The number of carbonyl (C=O) groups excluding carboxylic acids is 3. The zero-order valence-corrected chi connectivity index (χ0v) is 23.7. The van der Waals surface area contributed by atoms with Crippen LogP contribution in [0.5, 0.6) is 0 Å². The second-order valence-electron chi connectivity index (χ2n) is 13.0. The Hall–Kier alpha value is -2.84. The summed E-state index contributed by atoms with van der Waals surface area (Å²) in [7, 11) is 0. The van der Waals surface area contributed by atoms with E-state index in [9.17, 15) is 27.6 Å². The molecule has 3 fully saturated rings. The predicted molar refractivity (Wildman–Crippen MR) is 146 cm³/mol. The SMILES string of the molecule is CCC(C)NC(=O)[C@H]1CC[C@H]2[C@@H]3CNC4=CC(=O)C(C(=O)Nc5cccc(C(F)(F)F)c5)C[C@]4(C)[C@H]3CC[C@]12C. The van der Waals surface area contributed by atoms with Crippen LogP contribution in [0.2, 0.25) is 0 Å². The summed E-state index contributed by atoms with van der Waals surface area (Å²) in [5.74, 6) is -0.833. The Bertz CT molecular complexity index is 1230. The largest absolute Gasteiger partial charge is 0.416 e. The van der Waals surface area contributed by atoms with Gasteiger partial charge in [0.05, 0.1) is 5.56 Å². The first kappa shape index (κ1) is 28.7. The molecule has 1 aliphatic heterocycles. The predicted octanol–water partition coefficient (Wildman–Crippen LogP) is 5.70. The first-order valence-electron chi connectivity index (χ1n) is 14.6. The summed E-state index contributed by atoms with van der Waals surface area (Å²) in [6.07, 6.45) is 1.86. The molecule has 1 saturated heterocycles. The molecule has 1 aromatic rings. The number of alkyl halides is 3. The molecule has 0 spiro atoms. The van der Waals surface area contributed by atoms with Crippen LogP contribution in [-0.4, -0.2) is 30.2 Å². The van der Waals surface area contributed by atoms with Crippen LogP contribution in [0.4, 0.5) is 18.9 Å². The van der Waals surface area contributed by atoms with Crippen molar-refractivity contribution in [1.82, 2.24) is 10.6 Å². The van der Waals surface area contributed by atoms with E-state index in [2.05, 4.69) is 36.7 Å². The lowest BCUT2D eigenvalue weighted by molar-refractivity contribution is -0.138. The van der Waals surface area contributed by atoms with Crippen molar-refractivity contribution in [3.8, 4) is 0 Å². The van der Waals surface area contributed by atoms with Crippen molar-refractivity contribution in [3.05, 3.63) is 41.6 Å². The number of halogens is 3. The van der Waals surface area contributed by atoms with E-state index in [1.165, 1.54) is 12.1 Å². The highest BCUT2D eigenvalue weighted by Gasteiger charge is 2.61. The zero-order valence-electron chi connectivity index (χ0n) is 23.7. The standard InChI is InChI=1S/C31H40F3N3O3/c1-5-17(2)36-28(40)24-10-9-22-21-16-35-26-14-25(38)20(15-30(26,4)23(21)11-12-29(22,24)3)27(39)37-19-8-6-7-18(13-19)31(32,33)34/h6-8,13-14,17,20-24,35H,5,9-12,15-16H2,1-4H3,(H,36,40)(H,37,39)/t17?,20?,21-,22-,23-,24+,29-,30+/m0/s1. The lowest BCUT2D eigenvalue weighted by Gasteiger charge is -2.58. The summed E-state index contributed by atoms with van der Waals surface area (Å²) in [6, 6.07) is 4.63. The summed E-state index contributed by atoms with van der Waals surface area (Å²) in [5, 5.41) is 9.29. The molecule has 2 saturated carbocycles. The summed E-state index contributed by atoms with van der Waals surface area (Å²) < 4.78 is 39.5. The topological polar surface area (TPSA) is 87.3 Å². The first-order chi connectivity index (χ1) is 18.8. The molecule has 3 N–H and O–H groups in total. The van der Waals surface area contributed by atoms with E-state index in [-0.39, 0.29) is 40.7 Å². The molecule has 6 nitrogen and oxygen atoms in total. The van der Waals surface area contributed by atoms with Gasteiger partial charge in [0.2, 0.25) is 11.8 Å². The molecule has 0 radical (unpaired) electrons. The highest BCUT2D eigenvalue weighted by Crippen LogP contribution is 2.64. The monoisotopic (exact) mass is 559 g/mol. The van der Waals surface area contributed by atoms with Gasteiger partial charge in [-0.25, -0.2) is 0 Å². The van der Waals surface area contributed by atoms with Gasteiger partial charge >= 0.3 is 6.18 Å². The lowest BCUT2D eigenvalue weighted by Crippen LogP contribution is -2.58. The number of nitrogens with one attached hydrogen (secondary N) is 3. The molecule has 8 atom stereocenters. The van der Waals surface area contributed by atoms with E-state index in [0.717, 1.165) is 56.5 Å². The molecule has 2 amide bonds. The molecule has 218 valence electrons. The minimum Gasteiger partial charge on any atom is -0.387 e. The van der Waals surface area contributed by atoms with Crippen LogP contribution in [-0.2, 0) is 20.6 Å². The van der Waals surface area contributed by atoms with Gasteiger partial charge in [0, 0.05) is 41.4 Å².